The van der Waals surface area contributed by atoms with Gasteiger partial charge in [-0.3, -0.25) is 0 Å². The Bertz CT molecular complexity index is 2150. The van der Waals surface area contributed by atoms with Crippen LogP contribution in [0.3, 0.4) is 0 Å². The van der Waals surface area contributed by atoms with Gasteiger partial charge < -0.3 is 57.6 Å². The smallest absolute Gasteiger partial charge is 0.161 e. The van der Waals surface area contributed by atoms with Crippen LogP contribution in [0.2, 0.25) is 0 Å². The maximum atomic E-state index is 9.15. The molecule has 0 heterocycles. The Labute approximate surface area is 389 Å². The highest BCUT2D eigenvalue weighted by Crippen LogP contribution is 2.56. The van der Waals surface area contributed by atoms with Gasteiger partial charge in [0.2, 0.25) is 0 Å². The van der Waals surface area contributed by atoms with Crippen LogP contribution in [0.15, 0.2) is 84.9 Å². The predicted octanol–water partition coefficient (Wildman–Crippen LogP) is 7.76. The Morgan fingerprint density at radius 1 is 0.379 bits per heavy atom. The first-order valence-corrected chi connectivity index (χ1v) is 23.0. The van der Waals surface area contributed by atoms with E-state index in [0.717, 1.165) is 16.7 Å². The zero-order valence-electron chi connectivity index (χ0n) is 38.9. The lowest BCUT2D eigenvalue weighted by Crippen LogP contribution is -2.13. The summed E-state index contributed by atoms with van der Waals surface area (Å²) >= 11 is 0. The molecule has 354 valence electrons. The highest BCUT2D eigenvalue weighted by molar-refractivity contribution is 5.90. The van der Waals surface area contributed by atoms with E-state index >= 15 is 0 Å². The van der Waals surface area contributed by atoms with Crippen molar-refractivity contribution in [3.8, 4) is 33.8 Å². The van der Waals surface area contributed by atoms with Crippen LogP contribution >= 0.6 is 0 Å². The number of benzene rings is 5. The molecule has 0 aliphatic heterocycles. The predicted molar refractivity (Wildman–Crippen MR) is 253 cm³/mol. The minimum Gasteiger partial charge on any atom is -0.487 e. The van der Waals surface area contributed by atoms with E-state index in [-0.39, 0.29) is 38.3 Å². The molecule has 0 radical (unpaired) electrons. The van der Waals surface area contributed by atoms with Gasteiger partial charge >= 0.3 is 0 Å². The van der Waals surface area contributed by atoms with Gasteiger partial charge in [0.25, 0.3) is 0 Å². The van der Waals surface area contributed by atoms with Gasteiger partial charge in [-0.05, 0) is 105 Å². The van der Waals surface area contributed by atoms with E-state index < -0.39 is 0 Å². The molecule has 2 aliphatic rings. The highest BCUT2D eigenvalue weighted by atomic mass is 16.6. The molecular weight excluding hydrogens is 841 g/mol. The van der Waals surface area contributed by atoms with Crippen molar-refractivity contribution in [2.45, 2.75) is 38.9 Å². The molecule has 12 nitrogen and oxygen atoms in total. The number of methoxy groups -OCH3 is 2. The zero-order chi connectivity index (χ0) is 46.1. The fourth-order valence-corrected chi connectivity index (χ4v) is 8.84. The van der Waals surface area contributed by atoms with Crippen molar-refractivity contribution in [1.82, 2.24) is 0 Å². The zero-order valence-corrected chi connectivity index (χ0v) is 38.9. The Kier molecular flexibility index (Phi) is 19.0. The van der Waals surface area contributed by atoms with Gasteiger partial charge in [0.15, 0.2) is 11.5 Å². The Balaban J connectivity index is 1.24. The molecule has 5 aromatic rings. The monoisotopic (exact) mass is 906 g/mol. The molecule has 7 rings (SSSR count). The summed E-state index contributed by atoms with van der Waals surface area (Å²) in [6.45, 7) is 10.8. The number of ether oxygens (including phenoxy) is 10. The lowest BCUT2D eigenvalue weighted by molar-refractivity contribution is 0.0223. The maximum Gasteiger partial charge on any atom is 0.161 e. The summed E-state index contributed by atoms with van der Waals surface area (Å²) in [5.74, 6) is 1.26. The summed E-state index contributed by atoms with van der Waals surface area (Å²) in [6.07, 6.45) is 0. The van der Waals surface area contributed by atoms with Crippen molar-refractivity contribution in [2.75, 3.05) is 120 Å². The van der Waals surface area contributed by atoms with Gasteiger partial charge in [-0.15, -0.1) is 0 Å². The molecule has 2 N–H and O–H groups in total. The quantitative estimate of drug-likeness (QED) is 0.0428. The van der Waals surface area contributed by atoms with Crippen LogP contribution in [0.25, 0.3) is 22.3 Å². The third-order valence-corrected chi connectivity index (χ3v) is 11.9. The number of hydrogen-bond acceptors (Lipinski definition) is 12. The van der Waals surface area contributed by atoms with E-state index in [2.05, 4.69) is 92.7 Å². The highest BCUT2D eigenvalue weighted by Gasteiger charge is 2.37. The minimum atomic E-state index is -0.0432. The molecule has 0 aromatic heterocycles. The van der Waals surface area contributed by atoms with Crippen LogP contribution in [0.1, 0.15) is 67.5 Å². The third kappa shape index (κ3) is 12.4. The molecule has 0 saturated carbocycles. The maximum absolute atomic E-state index is 9.15. The first-order valence-electron chi connectivity index (χ1n) is 23.0. The normalized spacial score (nSPS) is 14.6. The van der Waals surface area contributed by atoms with Gasteiger partial charge in [-0.1, -0.05) is 71.8 Å². The molecule has 2 unspecified atom stereocenters. The lowest BCUT2D eigenvalue weighted by Gasteiger charge is -2.20. The molecule has 0 amide bonds. The van der Waals surface area contributed by atoms with Crippen LogP contribution < -0.4 is 9.47 Å². The molecule has 5 aromatic carbocycles. The summed E-state index contributed by atoms with van der Waals surface area (Å²) in [5.41, 5.74) is 16.8. The summed E-state index contributed by atoms with van der Waals surface area (Å²) in [6, 6.07) is 31.5. The summed E-state index contributed by atoms with van der Waals surface area (Å²) < 4.78 is 57.4. The van der Waals surface area contributed by atoms with E-state index in [0.29, 0.717) is 104 Å². The van der Waals surface area contributed by atoms with Crippen molar-refractivity contribution < 1.29 is 57.6 Å². The Morgan fingerprint density at radius 3 is 1.36 bits per heavy atom. The largest absolute Gasteiger partial charge is 0.487 e. The average molecular weight is 907 g/mol. The number of fused-ring (bicyclic) bond motifs is 6. The van der Waals surface area contributed by atoms with Crippen LogP contribution in [0, 0.1) is 13.8 Å². The topological polar surface area (TPSA) is 133 Å². The van der Waals surface area contributed by atoms with Crippen LogP contribution in [-0.2, 0) is 51.1 Å². The summed E-state index contributed by atoms with van der Waals surface area (Å²) in [7, 11) is 3.32. The fraction of sp³-hybridized carbons (Fsp3) is 0.444. The van der Waals surface area contributed by atoms with Gasteiger partial charge in [0.05, 0.1) is 106 Å². The van der Waals surface area contributed by atoms with E-state index in [1.807, 2.05) is 6.07 Å². The van der Waals surface area contributed by atoms with Crippen LogP contribution in [0.4, 0.5) is 0 Å². The molecule has 0 spiro atoms. The second-order valence-corrected chi connectivity index (χ2v) is 16.5. The van der Waals surface area contributed by atoms with Gasteiger partial charge in [-0.2, -0.15) is 0 Å². The molecule has 2 atom stereocenters. The molecule has 0 fully saturated rings. The van der Waals surface area contributed by atoms with Crippen molar-refractivity contribution in [3.63, 3.8) is 0 Å². The first kappa shape index (κ1) is 49.2. The van der Waals surface area contributed by atoms with E-state index in [9.17, 15) is 0 Å². The number of hydrogen-bond donors (Lipinski definition) is 2. The number of aliphatic hydroxyl groups excluding tert-OH is 2. The van der Waals surface area contributed by atoms with Crippen molar-refractivity contribution in [2.24, 2.45) is 0 Å². The Morgan fingerprint density at radius 2 is 0.818 bits per heavy atom. The van der Waals surface area contributed by atoms with Crippen LogP contribution in [-0.4, -0.2) is 130 Å². The van der Waals surface area contributed by atoms with Crippen LogP contribution in [0.5, 0.6) is 11.5 Å². The second-order valence-electron chi connectivity index (χ2n) is 16.5. The SMILES string of the molecule is COCCOCCOc1ccc(C2c3cc(C)ccc3-c3cc4c(cc32)-c2ccc(C)cc2C4c2ccc(COCCOCCO)c(COCCOCCO)c2)cc1OCCOCCOC. The number of aliphatic hydroxyl groups is 2. The molecule has 0 bridgehead atoms. The van der Waals surface area contributed by atoms with Crippen molar-refractivity contribution >= 4 is 0 Å². The molecule has 66 heavy (non-hydrogen) atoms. The molecular formula is C54H66O12. The van der Waals surface area contributed by atoms with Crippen molar-refractivity contribution in [1.29, 1.82) is 0 Å². The molecule has 2 aliphatic carbocycles. The number of rotatable bonds is 30. The number of aryl methyl sites for hydroxylation is 2. The average Bonchev–Trinajstić information content (AvgIpc) is 3.81. The second kappa shape index (κ2) is 25.4. The first-order chi connectivity index (χ1) is 32.4. The molecule has 0 saturated heterocycles. The van der Waals surface area contributed by atoms with Gasteiger partial charge in [0, 0.05) is 26.1 Å². The van der Waals surface area contributed by atoms with Gasteiger partial charge in [0.1, 0.15) is 13.2 Å². The summed E-state index contributed by atoms with van der Waals surface area (Å²) in [5, 5.41) is 18.2. The fourth-order valence-electron chi connectivity index (χ4n) is 8.84. The Hall–Kier alpha value is -4.70. The third-order valence-electron chi connectivity index (χ3n) is 11.9. The standard InChI is InChI=1S/C54H66O12/c1-37-5-10-43-45-34-50-46(33-49(45)53(47(43)29-37)39-7-8-41(35-63-23-21-59-15-13-55)42(31-39)36-64-24-22-60-16-14-56)44-11-6-38(2)30-48(44)54(50)40-9-12-51(65-27-25-61-19-17-57-3)52(32-40)66-28-26-62-20-18-58-4/h5-12,29-34,53-56H,13-28,35-36H2,1-4H3. The van der Waals surface area contributed by atoms with Crippen molar-refractivity contribution in [3.05, 3.63) is 141 Å². The minimum absolute atomic E-state index is 0.0114. The van der Waals surface area contributed by atoms with Gasteiger partial charge in [-0.25, -0.2) is 0 Å². The molecule has 12 heteroatoms. The van der Waals surface area contributed by atoms with E-state index in [4.69, 9.17) is 57.6 Å². The summed E-state index contributed by atoms with van der Waals surface area (Å²) in [4.78, 5) is 0. The van der Waals surface area contributed by atoms with E-state index in [1.165, 1.54) is 61.2 Å². The van der Waals surface area contributed by atoms with E-state index in [1.54, 1.807) is 14.2 Å². The lowest BCUT2D eigenvalue weighted by atomic mass is 9.85.